The molecule has 0 bridgehead atoms. The number of carbonyl (C=O) groups is 2. The van der Waals surface area contributed by atoms with Crippen LogP contribution in [0.5, 0.6) is 5.75 Å². The summed E-state index contributed by atoms with van der Waals surface area (Å²) < 4.78 is 5.78. The van der Waals surface area contributed by atoms with Crippen molar-refractivity contribution in [3.05, 3.63) is 22.7 Å². The summed E-state index contributed by atoms with van der Waals surface area (Å²) in [7, 11) is 1.54. The highest BCUT2D eigenvalue weighted by Crippen LogP contribution is 2.27. The molecule has 3 N–H and O–H groups in total. The molecule has 0 saturated heterocycles. The highest BCUT2D eigenvalue weighted by atomic mass is 79.9. The zero-order chi connectivity index (χ0) is 15.1. The van der Waals surface area contributed by atoms with Gasteiger partial charge in [0.25, 0.3) is 0 Å². The maximum Gasteiger partial charge on any atom is 0.326 e. The van der Waals surface area contributed by atoms with Gasteiger partial charge >= 0.3 is 12.0 Å². The van der Waals surface area contributed by atoms with Crippen LogP contribution >= 0.6 is 15.9 Å². The van der Waals surface area contributed by atoms with Crippen molar-refractivity contribution in [1.82, 2.24) is 5.32 Å². The number of carboxylic acids is 1. The number of amides is 2. The number of anilines is 1. The van der Waals surface area contributed by atoms with Gasteiger partial charge in [0, 0.05) is 5.69 Å². The summed E-state index contributed by atoms with van der Waals surface area (Å²) in [5.74, 6) is -0.400. The Morgan fingerprint density at radius 3 is 2.65 bits per heavy atom. The molecular weight excluding hydrogens is 328 g/mol. The molecule has 0 aliphatic carbocycles. The smallest absolute Gasteiger partial charge is 0.326 e. The molecule has 0 saturated carbocycles. The van der Waals surface area contributed by atoms with E-state index in [1.165, 1.54) is 0 Å². The number of urea groups is 1. The van der Waals surface area contributed by atoms with Gasteiger partial charge in [-0.2, -0.15) is 0 Å². The first-order chi connectivity index (χ1) is 9.47. The van der Waals surface area contributed by atoms with Crippen molar-refractivity contribution in [3.8, 4) is 5.75 Å². The van der Waals surface area contributed by atoms with Crippen LogP contribution < -0.4 is 15.4 Å². The van der Waals surface area contributed by atoms with Gasteiger partial charge in [0.2, 0.25) is 0 Å². The van der Waals surface area contributed by atoms with Crippen LogP contribution in [0.4, 0.5) is 10.5 Å². The molecule has 1 rings (SSSR count). The molecule has 7 heteroatoms. The molecule has 110 valence electrons. The number of aliphatic carboxylic acids is 1. The van der Waals surface area contributed by atoms with Gasteiger partial charge in [0.05, 0.1) is 11.6 Å². The minimum Gasteiger partial charge on any atom is -0.496 e. The maximum absolute atomic E-state index is 11.7. The lowest BCUT2D eigenvalue weighted by atomic mass is 10.2. The van der Waals surface area contributed by atoms with E-state index in [2.05, 4.69) is 26.6 Å². The molecule has 1 aromatic rings. The first-order valence-corrected chi connectivity index (χ1v) is 6.91. The van der Waals surface area contributed by atoms with Crippen LogP contribution in [0.1, 0.15) is 19.8 Å². The number of carboxylic acid groups (broad SMARTS) is 1. The van der Waals surface area contributed by atoms with Crippen LogP contribution in [0.25, 0.3) is 0 Å². The fourth-order valence-corrected chi connectivity index (χ4v) is 2.16. The third-order valence-corrected chi connectivity index (χ3v) is 3.21. The van der Waals surface area contributed by atoms with Gasteiger partial charge in [-0.1, -0.05) is 13.3 Å². The van der Waals surface area contributed by atoms with Gasteiger partial charge in [-0.05, 0) is 40.5 Å². The van der Waals surface area contributed by atoms with Crippen LogP contribution in [0.2, 0.25) is 0 Å². The fourth-order valence-electron chi connectivity index (χ4n) is 1.62. The van der Waals surface area contributed by atoms with Crippen molar-refractivity contribution in [1.29, 1.82) is 0 Å². The summed E-state index contributed by atoms with van der Waals surface area (Å²) in [6.07, 6.45) is 1.06. The monoisotopic (exact) mass is 344 g/mol. The third kappa shape index (κ3) is 4.73. The van der Waals surface area contributed by atoms with E-state index in [0.29, 0.717) is 28.8 Å². The second kappa shape index (κ2) is 7.74. The molecule has 0 heterocycles. The molecular formula is C13H17BrN2O4. The number of hydrogen-bond acceptors (Lipinski definition) is 3. The summed E-state index contributed by atoms with van der Waals surface area (Å²) in [6, 6.07) is 3.59. The van der Waals surface area contributed by atoms with E-state index in [-0.39, 0.29) is 0 Å². The largest absolute Gasteiger partial charge is 0.496 e. The summed E-state index contributed by atoms with van der Waals surface area (Å²) in [6.45, 7) is 1.86. The second-order valence-electron chi connectivity index (χ2n) is 4.13. The Morgan fingerprint density at radius 2 is 2.15 bits per heavy atom. The Morgan fingerprint density at radius 1 is 1.45 bits per heavy atom. The number of carbonyl (C=O) groups excluding carboxylic acids is 1. The van der Waals surface area contributed by atoms with Crippen molar-refractivity contribution < 1.29 is 19.4 Å². The molecule has 1 atom stereocenters. The summed E-state index contributed by atoms with van der Waals surface area (Å²) in [4.78, 5) is 22.7. The molecule has 0 radical (unpaired) electrons. The summed E-state index contributed by atoms with van der Waals surface area (Å²) in [5, 5.41) is 14.0. The first-order valence-electron chi connectivity index (χ1n) is 6.11. The Kier molecular flexibility index (Phi) is 6.30. The molecule has 0 spiro atoms. The van der Waals surface area contributed by atoms with Crippen molar-refractivity contribution in [2.24, 2.45) is 0 Å². The molecule has 6 nitrogen and oxygen atoms in total. The van der Waals surface area contributed by atoms with Gasteiger partial charge < -0.3 is 20.5 Å². The van der Waals surface area contributed by atoms with Crippen molar-refractivity contribution in [3.63, 3.8) is 0 Å². The standard InChI is InChI=1S/C13H17BrN2O4/c1-3-4-10(12(17)18)16-13(19)15-8-5-6-11(20-2)9(14)7-8/h5-7,10H,3-4H2,1-2H3,(H,17,18)(H2,15,16,19)/t10-/m0/s1. The topological polar surface area (TPSA) is 87.7 Å². The van der Waals surface area contributed by atoms with E-state index in [1.807, 2.05) is 6.92 Å². The molecule has 20 heavy (non-hydrogen) atoms. The quantitative estimate of drug-likeness (QED) is 0.740. The SMILES string of the molecule is CCC[C@H](NC(=O)Nc1ccc(OC)c(Br)c1)C(=O)O. The fraction of sp³-hybridized carbons (Fsp3) is 0.385. The van der Waals surface area contributed by atoms with Crippen LogP contribution in [-0.4, -0.2) is 30.3 Å². The van der Waals surface area contributed by atoms with Crippen LogP contribution in [-0.2, 0) is 4.79 Å². The average Bonchev–Trinajstić information content (AvgIpc) is 2.38. The minimum absolute atomic E-state index is 0.384. The molecule has 2 amide bonds. The van der Waals surface area contributed by atoms with Crippen LogP contribution in [0.15, 0.2) is 22.7 Å². The zero-order valence-electron chi connectivity index (χ0n) is 11.3. The lowest BCUT2D eigenvalue weighted by molar-refractivity contribution is -0.139. The molecule has 1 aromatic carbocycles. The van der Waals surface area contributed by atoms with Gasteiger partial charge in [0.15, 0.2) is 0 Å². The number of ether oxygens (including phenoxy) is 1. The zero-order valence-corrected chi connectivity index (χ0v) is 12.9. The van der Waals surface area contributed by atoms with E-state index < -0.39 is 18.0 Å². The number of halogens is 1. The van der Waals surface area contributed by atoms with E-state index in [1.54, 1.807) is 25.3 Å². The van der Waals surface area contributed by atoms with Crippen LogP contribution in [0, 0.1) is 0 Å². The second-order valence-corrected chi connectivity index (χ2v) is 4.98. The summed E-state index contributed by atoms with van der Waals surface area (Å²) >= 11 is 3.31. The highest BCUT2D eigenvalue weighted by molar-refractivity contribution is 9.10. The number of methoxy groups -OCH3 is 1. The number of rotatable bonds is 6. The van der Waals surface area contributed by atoms with E-state index >= 15 is 0 Å². The van der Waals surface area contributed by atoms with Crippen LogP contribution in [0.3, 0.4) is 0 Å². The first kappa shape index (κ1) is 16.3. The molecule has 0 fully saturated rings. The van der Waals surface area contributed by atoms with Gasteiger partial charge in [-0.3, -0.25) is 0 Å². The Hall–Kier alpha value is -1.76. The van der Waals surface area contributed by atoms with Gasteiger partial charge in [-0.15, -0.1) is 0 Å². The predicted octanol–water partition coefficient (Wildman–Crippen LogP) is 2.83. The minimum atomic E-state index is -1.04. The highest BCUT2D eigenvalue weighted by Gasteiger charge is 2.18. The third-order valence-electron chi connectivity index (χ3n) is 2.59. The molecule has 0 aliphatic rings. The Balaban J connectivity index is 2.66. The van der Waals surface area contributed by atoms with Gasteiger partial charge in [0.1, 0.15) is 11.8 Å². The molecule has 0 aliphatic heterocycles. The molecule has 0 unspecified atom stereocenters. The number of nitrogens with one attached hydrogen (secondary N) is 2. The summed E-state index contributed by atoms with van der Waals surface area (Å²) in [5.41, 5.74) is 0.538. The Bertz CT molecular complexity index is 493. The molecule has 0 aromatic heterocycles. The number of hydrogen-bond donors (Lipinski definition) is 3. The van der Waals surface area contributed by atoms with Crippen molar-refractivity contribution in [2.75, 3.05) is 12.4 Å². The van der Waals surface area contributed by atoms with Gasteiger partial charge in [-0.25, -0.2) is 9.59 Å². The lowest BCUT2D eigenvalue weighted by Crippen LogP contribution is -2.42. The van der Waals surface area contributed by atoms with E-state index in [0.717, 1.165) is 0 Å². The van der Waals surface area contributed by atoms with Crippen molar-refractivity contribution in [2.45, 2.75) is 25.8 Å². The van der Waals surface area contributed by atoms with E-state index in [9.17, 15) is 9.59 Å². The van der Waals surface area contributed by atoms with E-state index in [4.69, 9.17) is 9.84 Å². The predicted molar refractivity (Wildman–Crippen MR) is 79.2 cm³/mol. The lowest BCUT2D eigenvalue weighted by Gasteiger charge is -2.14. The average molecular weight is 345 g/mol. The van der Waals surface area contributed by atoms with Crippen molar-refractivity contribution >= 4 is 33.6 Å². The number of benzene rings is 1. The normalized spacial score (nSPS) is 11.6. The maximum atomic E-state index is 11.7. The Labute approximate surface area is 125 Å².